The number of methoxy groups -OCH3 is 2. The van der Waals surface area contributed by atoms with E-state index in [0.717, 1.165) is 5.69 Å². The molecule has 0 spiro atoms. The fraction of sp³-hybridized carbons (Fsp3) is 0.154. The topological polar surface area (TPSA) is 80.1 Å². The van der Waals surface area contributed by atoms with Gasteiger partial charge in [-0.1, -0.05) is 0 Å². The summed E-state index contributed by atoms with van der Waals surface area (Å²) in [6.07, 6.45) is 1.52. The van der Waals surface area contributed by atoms with Crippen LogP contribution in [0.1, 0.15) is 5.69 Å². The Balaban J connectivity index is 2.26. The van der Waals surface area contributed by atoms with Gasteiger partial charge in [-0.15, -0.1) is 0 Å². The third-order valence-electron chi connectivity index (χ3n) is 2.41. The van der Waals surface area contributed by atoms with Crippen LogP contribution in [0.4, 0.5) is 11.6 Å². The minimum atomic E-state index is 0.304. The van der Waals surface area contributed by atoms with Gasteiger partial charge < -0.3 is 14.8 Å². The Labute approximate surface area is 110 Å². The highest BCUT2D eigenvalue weighted by molar-refractivity contribution is 5.59. The number of aromatic nitrogens is 2. The summed E-state index contributed by atoms with van der Waals surface area (Å²) in [5.41, 5.74) is 1.05. The van der Waals surface area contributed by atoms with E-state index in [1.807, 2.05) is 12.1 Å². The molecular formula is C13H12N4O2. The van der Waals surface area contributed by atoms with E-state index >= 15 is 0 Å². The van der Waals surface area contributed by atoms with Crippen LogP contribution in [-0.2, 0) is 0 Å². The maximum absolute atomic E-state index is 8.77. The quantitative estimate of drug-likeness (QED) is 0.902. The normalized spacial score (nSPS) is 9.53. The van der Waals surface area contributed by atoms with E-state index in [-0.39, 0.29) is 0 Å². The van der Waals surface area contributed by atoms with E-state index in [4.69, 9.17) is 14.7 Å². The maximum Gasteiger partial charge on any atom is 0.228 e. The van der Waals surface area contributed by atoms with Gasteiger partial charge in [0, 0.05) is 18.0 Å². The summed E-state index contributed by atoms with van der Waals surface area (Å²) in [5.74, 6) is 1.59. The van der Waals surface area contributed by atoms with Crippen molar-refractivity contribution in [1.82, 2.24) is 9.97 Å². The van der Waals surface area contributed by atoms with Crippen LogP contribution in [0.15, 0.2) is 30.5 Å². The van der Waals surface area contributed by atoms with Gasteiger partial charge in [0.2, 0.25) is 5.95 Å². The Bertz CT molecular complexity index is 622. The number of ether oxygens (including phenoxy) is 2. The zero-order valence-corrected chi connectivity index (χ0v) is 10.5. The minimum Gasteiger partial charge on any atom is -0.493 e. The standard InChI is InChI=1S/C13H12N4O2/c1-18-11-4-3-9(7-12(11)19-2)16-13-15-6-5-10(8-14)17-13/h3-7H,1-2H3,(H,15,16,17). The Morgan fingerprint density at radius 2 is 1.95 bits per heavy atom. The van der Waals surface area contributed by atoms with E-state index in [2.05, 4.69) is 15.3 Å². The summed E-state index contributed by atoms with van der Waals surface area (Å²) in [6, 6.07) is 8.85. The second kappa shape index (κ2) is 5.69. The molecule has 1 aromatic carbocycles. The minimum absolute atomic E-state index is 0.304. The molecule has 0 atom stereocenters. The van der Waals surface area contributed by atoms with E-state index in [9.17, 15) is 0 Å². The predicted molar refractivity (Wildman–Crippen MR) is 69.6 cm³/mol. The lowest BCUT2D eigenvalue weighted by atomic mass is 10.3. The highest BCUT2D eigenvalue weighted by Gasteiger charge is 2.06. The van der Waals surface area contributed by atoms with Crippen LogP contribution < -0.4 is 14.8 Å². The van der Waals surface area contributed by atoms with Crippen molar-refractivity contribution in [2.24, 2.45) is 0 Å². The molecule has 19 heavy (non-hydrogen) atoms. The van der Waals surface area contributed by atoms with Crippen molar-refractivity contribution < 1.29 is 9.47 Å². The van der Waals surface area contributed by atoms with Crippen molar-refractivity contribution >= 4 is 11.6 Å². The van der Waals surface area contributed by atoms with Crippen molar-refractivity contribution in [2.45, 2.75) is 0 Å². The highest BCUT2D eigenvalue weighted by atomic mass is 16.5. The monoisotopic (exact) mass is 256 g/mol. The SMILES string of the molecule is COc1ccc(Nc2nccc(C#N)n2)cc1OC. The van der Waals surface area contributed by atoms with E-state index < -0.39 is 0 Å². The zero-order valence-electron chi connectivity index (χ0n) is 10.5. The lowest BCUT2D eigenvalue weighted by Gasteiger charge is -2.10. The van der Waals surface area contributed by atoms with Gasteiger partial charge in [-0.25, -0.2) is 9.97 Å². The number of benzene rings is 1. The van der Waals surface area contributed by atoms with Crippen molar-refractivity contribution in [1.29, 1.82) is 5.26 Å². The maximum atomic E-state index is 8.77. The summed E-state index contributed by atoms with van der Waals surface area (Å²) >= 11 is 0. The second-order valence-corrected chi connectivity index (χ2v) is 3.57. The fourth-order valence-electron chi connectivity index (χ4n) is 1.52. The lowest BCUT2D eigenvalue weighted by molar-refractivity contribution is 0.355. The average molecular weight is 256 g/mol. The molecule has 0 aliphatic heterocycles. The Hall–Kier alpha value is -2.81. The summed E-state index contributed by atoms with van der Waals surface area (Å²) < 4.78 is 10.4. The Kier molecular flexibility index (Phi) is 3.78. The molecule has 1 N–H and O–H groups in total. The van der Waals surface area contributed by atoms with Crippen LogP contribution in [0, 0.1) is 11.3 Å². The fourth-order valence-corrected chi connectivity index (χ4v) is 1.52. The number of nitriles is 1. The molecule has 0 amide bonds. The molecule has 2 aromatic rings. The summed E-state index contributed by atoms with van der Waals surface area (Å²) in [6.45, 7) is 0. The van der Waals surface area contributed by atoms with Gasteiger partial charge in [0.1, 0.15) is 11.8 Å². The smallest absolute Gasteiger partial charge is 0.228 e. The van der Waals surface area contributed by atoms with Gasteiger partial charge in [0.05, 0.1) is 14.2 Å². The van der Waals surface area contributed by atoms with Crippen LogP contribution in [-0.4, -0.2) is 24.2 Å². The number of nitrogens with zero attached hydrogens (tertiary/aromatic N) is 3. The lowest BCUT2D eigenvalue weighted by Crippen LogP contribution is -1.99. The van der Waals surface area contributed by atoms with Crippen LogP contribution in [0.25, 0.3) is 0 Å². The van der Waals surface area contributed by atoms with Crippen LogP contribution in [0.3, 0.4) is 0 Å². The molecule has 0 radical (unpaired) electrons. The number of rotatable bonds is 4. The summed E-state index contributed by atoms with van der Waals surface area (Å²) in [5, 5.41) is 11.8. The summed E-state index contributed by atoms with van der Waals surface area (Å²) in [7, 11) is 3.14. The van der Waals surface area contributed by atoms with E-state index in [1.165, 1.54) is 6.20 Å². The first kappa shape index (κ1) is 12.6. The first-order valence-electron chi connectivity index (χ1n) is 5.49. The third-order valence-corrected chi connectivity index (χ3v) is 2.41. The zero-order chi connectivity index (χ0) is 13.7. The first-order chi connectivity index (χ1) is 9.26. The molecule has 0 bridgehead atoms. The summed E-state index contributed by atoms with van der Waals surface area (Å²) in [4.78, 5) is 8.06. The molecule has 0 unspecified atom stereocenters. The molecule has 0 saturated heterocycles. The number of anilines is 2. The largest absolute Gasteiger partial charge is 0.493 e. The molecule has 1 heterocycles. The average Bonchev–Trinajstić information content (AvgIpc) is 2.47. The van der Waals surface area contributed by atoms with Gasteiger partial charge in [-0.05, 0) is 18.2 Å². The first-order valence-corrected chi connectivity index (χ1v) is 5.49. The van der Waals surface area contributed by atoms with Crippen molar-refractivity contribution in [3.05, 3.63) is 36.2 Å². The van der Waals surface area contributed by atoms with Gasteiger partial charge in [0.15, 0.2) is 11.5 Å². The van der Waals surface area contributed by atoms with Gasteiger partial charge in [-0.2, -0.15) is 5.26 Å². The molecule has 0 fully saturated rings. The molecule has 0 aliphatic rings. The van der Waals surface area contributed by atoms with Gasteiger partial charge >= 0.3 is 0 Å². The molecule has 96 valence electrons. The van der Waals surface area contributed by atoms with Crippen molar-refractivity contribution in [3.8, 4) is 17.6 Å². The Morgan fingerprint density at radius 1 is 1.16 bits per heavy atom. The van der Waals surface area contributed by atoms with E-state index in [0.29, 0.717) is 23.1 Å². The number of hydrogen-bond donors (Lipinski definition) is 1. The number of nitrogens with one attached hydrogen (secondary N) is 1. The van der Waals surface area contributed by atoms with Crippen molar-refractivity contribution in [3.63, 3.8) is 0 Å². The van der Waals surface area contributed by atoms with Crippen LogP contribution >= 0.6 is 0 Å². The van der Waals surface area contributed by atoms with Crippen molar-refractivity contribution in [2.75, 3.05) is 19.5 Å². The van der Waals surface area contributed by atoms with Crippen LogP contribution in [0.2, 0.25) is 0 Å². The molecular weight excluding hydrogens is 244 g/mol. The van der Waals surface area contributed by atoms with Crippen LogP contribution in [0.5, 0.6) is 11.5 Å². The molecule has 6 heteroatoms. The molecule has 1 aromatic heterocycles. The Morgan fingerprint density at radius 3 is 2.63 bits per heavy atom. The molecule has 0 aliphatic carbocycles. The third kappa shape index (κ3) is 2.90. The molecule has 2 rings (SSSR count). The van der Waals surface area contributed by atoms with Gasteiger partial charge in [-0.3, -0.25) is 0 Å². The number of hydrogen-bond acceptors (Lipinski definition) is 6. The molecule has 6 nitrogen and oxygen atoms in total. The predicted octanol–water partition coefficient (Wildman–Crippen LogP) is 2.11. The highest BCUT2D eigenvalue weighted by Crippen LogP contribution is 2.30. The van der Waals surface area contributed by atoms with Gasteiger partial charge in [0.25, 0.3) is 0 Å². The van der Waals surface area contributed by atoms with E-state index in [1.54, 1.807) is 32.4 Å². The molecule has 0 saturated carbocycles. The second-order valence-electron chi connectivity index (χ2n) is 3.57.